The lowest BCUT2D eigenvalue weighted by atomic mass is 9.75. The van der Waals surface area contributed by atoms with Crippen LogP contribution in [-0.4, -0.2) is 53.2 Å². The Hall–Kier alpha value is -1.56. The molecule has 2 saturated heterocycles. The SMILES string of the molecule is O=C(NC1CCc2nc[nH]c2C1)N1CC2(CCCOC2)C1. The molecule has 21 heavy (non-hydrogen) atoms. The third-order valence-corrected chi connectivity index (χ3v) is 5.06. The lowest BCUT2D eigenvalue weighted by molar-refractivity contribution is -0.0829. The van der Waals surface area contributed by atoms with E-state index < -0.39 is 0 Å². The van der Waals surface area contributed by atoms with Crippen LogP contribution in [0.2, 0.25) is 0 Å². The van der Waals surface area contributed by atoms with E-state index >= 15 is 0 Å². The molecule has 1 unspecified atom stereocenters. The monoisotopic (exact) mass is 290 g/mol. The van der Waals surface area contributed by atoms with Crippen molar-refractivity contribution in [3.63, 3.8) is 0 Å². The molecule has 0 aromatic carbocycles. The third-order valence-electron chi connectivity index (χ3n) is 5.06. The predicted molar refractivity (Wildman–Crippen MR) is 77.0 cm³/mol. The van der Waals surface area contributed by atoms with Crippen LogP contribution in [0.3, 0.4) is 0 Å². The van der Waals surface area contributed by atoms with E-state index in [1.54, 1.807) is 6.33 Å². The number of carbonyl (C=O) groups excluding carboxylic acids is 1. The van der Waals surface area contributed by atoms with Crippen LogP contribution in [0.25, 0.3) is 0 Å². The van der Waals surface area contributed by atoms with E-state index in [-0.39, 0.29) is 17.5 Å². The van der Waals surface area contributed by atoms with Gasteiger partial charge in [-0.15, -0.1) is 0 Å². The van der Waals surface area contributed by atoms with Gasteiger partial charge < -0.3 is 19.9 Å². The van der Waals surface area contributed by atoms with Crippen molar-refractivity contribution in [3.05, 3.63) is 17.7 Å². The lowest BCUT2D eigenvalue weighted by Gasteiger charge is -2.51. The highest BCUT2D eigenvalue weighted by atomic mass is 16.5. The van der Waals surface area contributed by atoms with Crippen molar-refractivity contribution in [1.82, 2.24) is 20.2 Å². The summed E-state index contributed by atoms with van der Waals surface area (Å²) >= 11 is 0. The number of urea groups is 1. The van der Waals surface area contributed by atoms with Crippen LogP contribution >= 0.6 is 0 Å². The minimum Gasteiger partial charge on any atom is -0.381 e. The number of carbonyl (C=O) groups is 1. The van der Waals surface area contributed by atoms with Gasteiger partial charge in [-0.05, 0) is 25.7 Å². The molecule has 1 atom stereocenters. The summed E-state index contributed by atoms with van der Waals surface area (Å²) in [5, 5.41) is 3.17. The Morgan fingerprint density at radius 1 is 1.52 bits per heavy atom. The number of hydrogen-bond donors (Lipinski definition) is 2. The standard InChI is InChI=1S/C15H22N4O2/c20-14(19-7-15(8-19)4-1-5-21-9-15)18-11-2-3-12-13(6-11)17-10-16-12/h10-11H,1-9H2,(H,16,17)(H,18,20). The number of nitrogens with one attached hydrogen (secondary N) is 2. The number of amides is 2. The summed E-state index contributed by atoms with van der Waals surface area (Å²) in [5.74, 6) is 0. The fourth-order valence-corrected chi connectivity index (χ4v) is 3.86. The zero-order valence-electron chi connectivity index (χ0n) is 12.2. The van der Waals surface area contributed by atoms with Crippen LogP contribution in [0.15, 0.2) is 6.33 Å². The molecule has 0 saturated carbocycles. The average Bonchev–Trinajstić information content (AvgIpc) is 2.93. The van der Waals surface area contributed by atoms with Gasteiger partial charge in [-0.25, -0.2) is 9.78 Å². The average molecular weight is 290 g/mol. The Balaban J connectivity index is 1.29. The summed E-state index contributed by atoms with van der Waals surface area (Å²) in [6.45, 7) is 3.39. The first-order valence-corrected chi connectivity index (χ1v) is 7.88. The van der Waals surface area contributed by atoms with Crippen LogP contribution < -0.4 is 5.32 Å². The van der Waals surface area contributed by atoms with Crippen molar-refractivity contribution in [2.75, 3.05) is 26.3 Å². The molecule has 0 bridgehead atoms. The van der Waals surface area contributed by atoms with Gasteiger partial charge in [-0.3, -0.25) is 0 Å². The smallest absolute Gasteiger partial charge is 0.317 e. The van der Waals surface area contributed by atoms with Crippen LogP contribution in [0, 0.1) is 5.41 Å². The number of aromatic amines is 1. The zero-order valence-corrected chi connectivity index (χ0v) is 12.2. The Kier molecular flexibility index (Phi) is 3.14. The minimum absolute atomic E-state index is 0.0826. The summed E-state index contributed by atoms with van der Waals surface area (Å²) in [4.78, 5) is 21.7. The molecule has 3 aliphatic rings. The summed E-state index contributed by atoms with van der Waals surface area (Å²) in [5.41, 5.74) is 2.58. The molecule has 2 amide bonds. The number of H-pyrrole nitrogens is 1. The van der Waals surface area contributed by atoms with E-state index in [4.69, 9.17) is 4.74 Å². The molecule has 2 aliphatic heterocycles. The number of aryl methyl sites for hydroxylation is 1. The van der Waals surface area contributed by atoms with Crippen molar-refractivity contribution in [2.24, 2.45) is 5.41 Å². The highest BCUT2D eigenvalue weighted by Crippen LogP contribution is 2.38. The van der Waals surface area contributed by atoms with Crippen LogP contribution in [0.1, 0.15) is 30.7 Å². The summed E-state index contributed by atoms with van der Waals surface area (Å²) in [6.07, 6.45) is 6.85. The molecule has 1 aromatic rings. The number of hydrogen-bond acceptors (Lipinski definition) is 3. The van der Waals surface area contributed by atoms with E-state index in [1.165, 1.54) is 12.1 Å². The fraction of sp³-hybridized carbons (Fsp3) is 0.733. The number of ether oxygens (including phenoxy) is 1. The topological polar surface area (TPSA) is 70.2 Å². The van der Waals surface area contributed by atoms with Crippen molar-refractivity contribution < 1.29 is 9.53 Å². The minimum atomic E-state index is 0.0826. The van der Waals surface area contributed by atoms with Gasteiger partial charge in [0.15, 0.2) is 0 Å². The first kappa shape index (κ1) is 13.1. The molecule has 6 heteroatoms. The molecule has 1 aromatic heterocycles. The number of rotatable bonds is 1. The number of nitrogens with zero attached hydrogens (tertiary/aromatic N) is 2. The van der Waals surface area contributed by atoms with Gasteiger partial charge in [-0.2, -0.15) is 0 Å². The van der Waals surface area contributed by atoms with E-state index in [9.17, 15) is 4.79 Å². The second-order valence-electron chi connectivity index (χ2n) is 6.73. The second kappa shape index (κ2) is 5.02. The summed E-state index contributed by atoms with van der Waals surface area (Å²) in [7, 11) is 0. The van der Waals surface area contributed by atoms with Gasteiger partial charge in [0.25, 0.3) is 0 Å². The van der Waals surface area contributed by atoms with Crippen LogP contribution in [-0.2, 0) is 17.6 Å². The molecule has 1 aliphatic carbocycles. The Labute approximate surface area is 124 Å². The van der Waals surface area contributed by atoms with Crippen molar-refractivity contribution in [2.45, 2.75) is 38.1 Å². The molecule has 4 rings (SSSR count). The highest BCUT2D eigenvalue weighted by Gasteiger charge is 2.46. The summed E-state index contributed by atoms with van der Waals surface area (Å²) in [6, 6.07) is 0.309. The van der Waals surface area contributed by atoms with Gasteiger partial charge in [0, 0.05) is 43.3 Å². The Morgan fingerprint density at radius 3 is 3.24 bits per heavy atom. The number of aromatic nitrogens is 2. The Bertz CT molecular complexity index is 528. The van der Waals surface area contributed by atoms with Gasteiger partial charge in [0.1, 0.15) is 0 Å². The number of imidazole rings is 1. The molecule has 2 N–H and O–H groups in total. The van der Waals surface area contributed by atoms with Crippen molar-refractivity contribution >= 4 is 6.03 Å². The molecular formula is C15H22N4O2. The molecule has 6 nitrogen and oxygen atoms in total. The molecule has 2 fully saturated rings. The van der Waals surface area contributed by atoms with E-state index in [0.717, 1.165) is 57.7 Å². The van der Waals surface area contributed by atoms with Crippen LogP contribution in [0.4, 0.5) is 4.79 Å². The van der Waals surface area contributed by atoms with Crippen molar-refractivity contribution in [1.29, 1.82) is 0 Å². The summed E-state index contributed by atoms with van der Waals surface area (Å²) < 4.78 is 5.57. The largest absolute Gasteiger partial charge is 0.381 e. The van der Waals surface area contributed by atoms with Gasteiger partial charge in [0.05, 0.1) is 18.6 Å². The second-order valence-corrected chi connectivity index (χ2v) is 6.73. The first-order valence-electron chi connectivity index (χ1n) is 7.88. The maximum atomic E-state index is 12.3. The van der Waals surface area contributed by atoms with Crippen LogP contribution in [0.5, 0.6) is 0 Å². The third kappa shape index (κ3) is 2.41. The first-order chi connectivity index (χ1) is 10.2. The fourth-order valence-electron chi connectivity index (χ4n) is 3.86. The maximum Gasteiger partial charge on any atom is 0.317 e. The predicted octanol–water partition coefficient (Wildman–Crippen LogP) is 1.09. The Morgan fingerprint density at radius 2 is 2.43 bits per heavy atom. The molecule has 0 radical (unpaired) electrons. The van der Waals surface area contributed by atoms with Crippen molar-refractivity contribution in [3.8, 4) is 0 Å². The van der Waals surface area contributed by atoms with Gasteiger partial charge in [0.2, 0.25) is 0 Å². The van der Waals surface area contributed by atoms with E-state index in [1.807, 2.05) is 4.90 Å². The number of likely N-dealkylation sites (tertiary alicyclic amines) is 1. The van der Waals surface area contributed by atoms with Gasteiger partial charge in [-0.1, -0.05) is 0 Å². The molecule has 3 heterocycles. The highest BCUT2D eigenvalue weighted by molar-refractivity contribution is 5.75. The number of fused-ring (bicyclic) bond motifs is 1. The molecule has 114 valence electrons. The van der Waals surface area contributed by atoms with E-state index in [2.05, 4.69) is 15.3 Å². The normalized spacial score (nSPS) is 27.0. The zero-order chi connectivity index (χ0) is 14.3. The quantitative estimate of drug-likeness (QED) is 0.813. The molecular weight excluding hydrogens is 268 g/mol. The van der Waals surface area contributed by atoms with E-state index in [0.29, 0.717) is 0 Å². The maximum absolute atomic E-state index is 12.3. The molecule has 1 spiro atoms. The lowest BCUT2D eigenvalue weighted by Crippen LogP contribution is -2.64. The van der Waals surface area contributed by atoms with Gasteiger partial charge >= 0.3 is 6.03 Å².